The third kappa shape index (κ3) is 2.68. The van der Waals surface area contributed by atoms with E-state index in [9.17, 15) is 14.4 Å². The van der Waals surface area contributed by atoms with E-state index in [-0.39, 0.29) is 23.9 Å². The standard InChI is InChI=1S/C16H20N4O4/c1-9-14(10(2)24-18-9)12-5-4-6-20(12)13(21)7-11-8-17-16(23)19(3)15(11)22/h8,12H,4-7H2,1-3H3,(H,17,23)/t12-/m1/s1. The maximum Gasteiger partial charge on any atom is 0.328 e. The zero-order chi connectivity index (χ0) is 17.4. The van der Waals surface area contributed by atoms with E-state index in [0.717, 1.165) is 34.4 Å². The number of rotatable bonds is 3. The molecule has 0 radical (unpaired) electrons. The number of carbonyl (C=O) groups is 1. The summed E-state index contributed by atoms with van der Waals surface area (Å²) in [6.45, 7) is 4.34. The van der Waals surface area contributed by atoms with Gasteiger partial charge in [0.15, 0.2) is 0 Å². The summed E-state index contributed by atoms with van der Waals surface area (Å²) < 4.78 is 6.19. The number of carbonyl (C=O) groups excluding carboxylic acids is 1. The smallest absolute Gasteiger partial charge is 0.328 e. The van der Waals surface area contributed by atoms with E-state index < -0.39 is 11.2 Å². The first-order valence-electron chi connectivity index (χ1n) is 7.90. The predicted octanol–water partition coefficient (Wildman–Crippen LogP) is 0.585. The Bertz CT molecular complexity index is 873. The molecule has 24 heavy (non-hydrogen) atoms. The van der Waals surface area contributed by atoms with Gasteiger partial charge in [0.1, 0.15) is 5.76 Å². The number of hydrogen-bond donors (Lipinski definition) is 1. The van der Waals surface area contributed by atoms with Gasteiger partial charge >= 0.3 is 5.69 Å². The molecule has 0 bridgehead atoms. The lowest BCUT2D eigenvalue weighted by Gasteiger charge is -2.24. The molecule has 1 N–H and O–H groups in total. The lowest BCUT2D eigenvalue weighted by Crippen LogP contribution is -2.38. The van der Waals surface area contributed by atoms with Crippen molar-refractivity contribution in [1.82, 2.24) is 19.6 Å². The fourth-order valence-corrected chi connectivity index (χ4v) is 3.34. The first-order valence-corrected chi connectivity index (χ1v) is 7.90. The van der Waals surface area contributed by atoms with Crippen molar-refractivity contribution >= 4 is 5.91 Å². The number of aromatic nitrogens is 3. The van der Waals surface area contributed by atoms with Crippen LogP contribution in [-0.2, 0) is 18.3 Å². The Hall–Kier alpha value is -2.64. The number of aromatic amines is 1. The molecule has 1 aliphatic rings. The van der Waals surface area contributed by atoms with Gasteiger partial charge in [-0.15, -0.1) is 0 Å². The van der Waals surface area contributed by atoms with Crippen LogP contribution in [0.3, 0.4) is 0 Å². The molecule has 8 heteroatoms. The summed E-state index contributed by atoms with van der Waals surface area (Å²) in [4.78, 5) is 40.5. The van der Waals surface area contributed by atoms with E-state index >= 15 is 0 Å². The molecule has 1 fully saturated rings. The maximum atomic E-state index is 12.7. The molecular formula is C16H20N4O4. The van der Waals surface area contributed by atoms with Gasteiger partial charge in [0.05, 0.1) is 18.2 Å². The topological polar surface area (TPSA) is 101 Å². The average molecular weight is 332 g/mol. The summed E-state index contributed by atoms with van der Waals surface area (Å²) in [5.41, 5.74) is 1.09. The highest BCUT2D eigenvalue weighted by Crippen LogP contribution is 2.35. The number of likely N-dealkylation sites (tertiary alicyclic amines) is 1. The second-order valence-corrected chi connectivity index (χ2v) is 6.14. The van der Waals surface area contributed by atoms with Gasteiger partial charge in [-0.1, -0.05) is 5.16 Å². The van der Waals surface area contributed by atoms with Crippen molar-refractivity contribution in [3.05, 3.63) is 49.6 Å². The second-order valence-electron chi connectivity index (χ2n) is 6.14. The molecule has 0 aromatic carbocycles. The van der Waals surface area contributed by atoms with E-state index in [4.69, 9.17) is 4.52 Å². The van der Waals surface area contributed by atoms with Crippen LogP contribution in [0, 0.1) is 13.8 Å². The van der Waals surface area contributed by atoms with E-state index in [2.05, 4.69) is 10.1 Å². The Morgan fingerprint density at radius 1 is 1.42 bits per heavy atom. The normalized spacial score (nSPS) is 17.5. The Morgan fingerprint density at radius 3 is 2.83 bits per heavy atom. The fourth-order valence-electron chi connectivity index (χ4n) is 3.34. The van der Waals surface area contributed by atoms with Gasteiger partial charge in [-0.2, -0.15) is 0 Å². The lowest BCUT2D eigenvalue weighted by atomic mass is 10.0. The number of H-pyrrole nitrogens is 1. The zero-order valence-electron chi connectivity index (χ0n) is 14.0. The Kier molecular flexibility index (Phi) is 4.13. The summed E-state index contributed by atoms with van der Waals surface area (Å²) in [5, 5.41) is 3.97. The molecule has 2 aromatic rings. The fraction of sp³-hybridized carbons (Fsp3) is 0.500. The minimum atomic E-state index is -0.494. The van der Waals surface area contributed by atoms with Gasteiger partial charge in [-0.05, 0) is 26.7 Å². The highest BCUT2D eigenvalue weighted by Gasteiger charge is 2.33. The maximum absolute atomic E-state index is 12.7. The SMILES string of the molecule is Cc1noc(C)c1[C@H]1CCCN1C(=O)Cc1c[nH]c(=O)n(C)c1=O. The van der Waals surface area contributed by atoms with Crippen LogP contribution in [0.1, 0.15) is 41.5 Å². The van der Waals surface area contributed by atoms with Crippen LogP contribution in [0.25, 0.3) is 0 Å². The molecule has 1 atom stereocenters. The highest BCUT2D eigenvalue weighted by atomic mass is 16.5. The number of aryl methyl sites for hydroxylation is 2. The van der Waals surface area contributed by atoms with Gasteiger partial charge in [-0.3, -0.25) is 14.2 Å². The number of hydrogen-bond acceptors (Lipinski definition) is 5. The summed E-state index contributed by atoms with van der Waals surface area (Å²) >= 11 is 0. The molecule has 1 amide bonds. The van der Waals surface area contributed by atoms with Crippen LogP contribution < -0.4 is 11.2 Å². The quantitative estimate of drug-likeness (QED) is 0.886. The van der Waals surface area contributed by atoms with Gasteiger partial charge in [0.25, 0.3) is 5.56 Å². The number of nitrogens with zero attached hydrogens (tertiary/aromatic N) is 3. The molecule has 0 unspecified atom stereocenters. The van der Waals surface area contributed by atoms with Crippen LogP contribution >= 0.6 is 0 Å². The molecule has 0 aliphatic carbocycles. The molecule has 128 valence electrons. The van der Waals surface area contributed by atoms with Crippen LogP contribution in [0.15, 0.2) is 20.3 Å². The van der Waals surface area contributed by atoms with Crippen molar-refractivity contribution in [2.45, 2.75) is 39.2 Å². The molecule has 3 heterocycles. The van der Waals surface area contributed by atoms with E-state index in [0.29, 0.717) is 6.54 Å². The van der Waals surface area contributed by atoms with Gasteiger partial charge < -0.3 is 14.4 Å². The molecule has 2 aromatic heterocycles. The largest absolute Gasteiger partial charge is 0.361 e. The van der Waals surface area contributed by atoms with E-state index in [1.54, 1.807) is 4.90 Å². The van der Waals surface area contributed by atoms with Crippen molar-refractivity contribution in [2.75, 3.05) is 6.54 Å². The zero-order valence-corrected chi connectivity index (χ0v) is 14.0. The van der Waals surface area contributed by atoms with Gasteiger partial charge in [0, 0.05) is 30.9 Å². The summed E-state index contributed by atoms with van der Waals surface area (Å²) in [5.74, 6) is 0.582. The molecule has 3 rings (SSSR count). The average Bonchev–Trinajstić information content (AvgIpc) is 3.14. The third-order valence-electron chi connectivity index (χ3n) is 4.59. The Balaban J connectivity index is 1.86. The van der Waals surface area contributed by atoms with Crippen molar-refractivity contribution in [3.63, 3.8) is 0 Å². The molecule has 1 saturated heterocycles. The number of amides is 1. The number of nitrogens with one attached hydrogen (secondary N) is 1. The summed E-state index contributed by atoms with van der Waals surface area (Å²) in [6.07, 6.45) is 3.02. The van der Waals surface area contributed by atoms with Crippen molar-refractivity contribution in [3.8, 4) is 0 Å². The minimum absolute atomic E-state index is 0.0384. The Morgan fingerprint density at radius 2 is 2.17 bits per heavy atom. The van der Waals surface area contributed by atoms with Crippen molar-refractivity contribution in [2.24, 2.45) is 7.05 Å². The van der Waals surface area contributed by atoms with Crippen molar-refractivity contribution < 1.29 is 9.32 Å². The van der Waals surface area contributed by atoms with Crippen LogP contribution in [0.4, 0.5) is 0 Å². The summed E-state index contributed by atoms with van der Waals surface area (Å²) in [7, 11) is 1.39. The van der Waals surface area contributed by atoms with Gasteiger partial charge in [-0.25, -0.2) is 4.79 Å². The predicted molar refractivity (Wildman–Crippen MR) is 85.7 cm³/mol. The van der Waals surface area contributed by atoms with Gasteiger partial charge in [0.2, 0.25) is 5.91 Å². The lowest BCUT2D eigenvalue weighted by molar-refractivity contribution is -0.131. The molecule has 0 saturated carbocycles. The molecule has 0 spiro atoms. The molecular weight excluding hydrogens is 312 g/mol. The molecule has 8 nitrogen and oxygen atoms in total. The first-order chi connectivity index (χ1) is 11.4. The highest BCUT2D eigenvalue weighted by molar-refractivity contribution is 5.79. The second kappa shape index (κ2) is 6.10. The minimum Gasteiger partial charge on any atom is -0.361 e. The molecule has 1 aliphatic heterocycles. The summed E-state index contributed by atoms with van der Waals surface area (Å²) in [6, 6.07) is -0.0737. The van der Waals surface area contributed by atoms with E-state index in [1.165, 1.54) is 13.2 Å². The third-order valence-corrected chi connectivity index (χ3v) is 4.59. The monoisotopic (exact) mass is 332 g/mol. The van der Waals surface area contributed by atoms with Crippen LogP contribution in [0.2, 0.25) is 0 Å². The van der Waals surface area contributed by atoms with Crippen LogP contribution in [0.5, 0.6) is 0 Å². The first kappa shape index (κ1) is 16.2. The van der Waals surface area contributed by atoms with E-state index in [1.807, 2.05) is 13.8 Å². The van der Waals surface area contributed by atoms with Crippen molar-refractivity contribution in [1.29, 1.82) is 0 Å². The van der Waals surface area contributed by atoms with Crippen LogP contribution in [-0.4, -0.2) is 32.1 Å². The Labute approximate surface area is 138 Å².